The molecular weight excluding hydrogens is 272 g/mol. The number of carbonyl (C=O) groups excluding carboxylic acids is 1. The number of anilines is 2. The molecule has 1 atom stereocenters. The molecular formula is C14H18N4OS. The van der Waals surface area contributed by atoms with Gasteiger partial charge >= 0.3 is 0 Å². The Morgan fingerprint density at radius 1 is 1.40 bits per heavy atom. The van der Waals surface area contributed by atoms with Gasteiger partial charge in [-0.15, -0.1) is 0 Å². The van der Waals surface area contributed by atoms with Gasteiger partial charge in [-0.3, -0.25) is 9.48 Å². The van der Waals surface area contributed by atoms with E-state index in [2.05, 4.69) is 10.4 Å². The number of nitrogens with zero attached hydrogens (tertiary/aromatic N) is 2. The highest BCUT2D eigenvalue weighted by Gasteiger charge is 2.16. The van der Waals surface area contributed by atoms with E-state index in [1.807, 2.05) is 27.0 Å². The number of nitrogen functional groups attached to an aromatic ring is 1. The first-order valence-electron chi connectivity index (χ1n) is 6.29. The number of hydrogen-bond acceptors (Lipinski definition) is 4. The fraction of sp³-hybridized carbons (Fsp3) is 0.286. The smallest absolute Gasteiger partial charge is 0.237 e. The quantitative estimate of drug-likeness (QED) is 0.670. The Bertz CT molecular complexity index is 606. The second-order valence-electron chi connectivity index (χ2n) is 4.62. The van der Waals surface area contributed by atoms with Crippen LogP contribution in [0.4, 0.5) is 11.4 Å². The Labute approximate surface area is 122 Å². The van der Waals surface area contributed by atoms with Gasteiger partial charge in [-0.1, -0.05) is 11.8 Å². The molecule has 1 unspecified atom stereocenters. The summed E-state index contributed by atoms with van der Waals surface area (Å²) in [6, 6.07) is 9.07. The highest BCUT2D eigenvalue weighted by molar-refractivity contribution is 8.00. The summed E-state index contributed by atoms with van der Waals surface area (Å²) in [6.45, 7) is 3.81. The van der Waals surface area contributed by atoms with E-state index in [0.717, 1.165) is 16.4 Å². The van der Waals surface area contributed by atoms with Gasteiger partial charge in [0, 0.05) is 18.4 Å². The van der Waals surface area contributed by atoms with Crippen LogP contribution in [0.3, 0.4) is 0 Å². The second kappa shape index (κ2) is 6.00. The molecule has 1 heterocycles. The third kappa shape index (κ3) is 3.54. The molecule has 1 amide bonds. The predicted molar refractivity (Wildman–Crippen MR) is 82.7 cm³/mol. The van der Waals surface area contributed by atoms with Crippen LogP contribution in [-0.4, -0.2) is 20.9 Å². The number of thioether (sulfide) groups is 1. The van der Waals surface area contributed by atoms with Gasteiger partial charge in [-0.2, -0.15) is 5.10 Å². The molecule has 0 fully saturated rings. The minimum absolute atomic E-state index is 0.0429. The van der Waals surface area contributed by atoms with Crippen LogP contribution in [0.2, 0.25) is 0 Å². The highest BCUT2D eigenvalue weighted by Crippen LogP contribution is 2.24. The van der Waals surface area contributed by atoms with Crippen LogP contribution < -0.4 is 11.1 Å². The Morgan fingerprint density at radius 2 is 2.05 bits per heavy atom. The van der Waals surface area contributed by atoms with Gasteiger partial charge in [-0.05, 0) is 44.2 Å². The summed E-state index contributed by atoms with van der Waals surface area (Å²) in [5.74, 6) is -0.0429. The van der Waals surface area contributed by atoms with E-state index in [-0.39, 0.29) is 11.2 Å². The molecule has 2 rings (SSSR count). The highest BCUT2D eigenvalue weighted by atomic mass is 32.2. The summed E-state index contributed by atoms with van der Waals surface area (Å²) < 4.78 is 1.78. The molecule has 20 heavy (non-hydrogen) atoms. The zero-order valence-electron chi connectivity index (χ0n) is 11.8. The van der Waals surface area contributed by atoms with E-state index in [9.17, 15) is 4.79 Å². The fourth-order valence-electron chi connectivity index (χ4n) is 1.74. The zero-order chi connectivity index (χ0) is 14.7. The van der Waals surface area contributed by atoms with Crippen molar-refractivity contribution in [2.24, 2.45) is 7.05 Å². The molecule has 5 nitrogen and oxygen atoms in total. The topological polar surface area (TPSA) is 72.9 Å². The van der Waals surface area contributed by atoms with Crippen LogP contribution in [0.15, 0.2) is 35.4 Å². The molecule has 0 saturated heterocycles. The molecule has 106 valence electrons. The molecule has 0 aliphatic rings. The number of rotatable bonds is 4. The monoisotopic (exact) mass is 290 g/mol. The SMILES string of the molecule is Cc1cc(SC(C)C(=O)Nc2ccc(N)cc2)n(C)n1. The van der Waals surface area contributed by atoms with Crippen molar-refractivity contribution in [2.45, 2.75) is 24.1 Å². The molecule has 0 bridgehead atoms. The third-order valence-electron chi connectivity index (χ3n) is 2.80. The Kier molecular flexibility index (Phi) is 4.34. The number of amides is 1. The molecule has 6 heteroatoms. The Hall–Kier alpha value is -1.95. The molecule has 0 aliphatic heterocycles. The van der Waals surface area contributed by atoms with Gasteiger partial charge in [0.05, 0.1) is 16.0 Å². The number of benzene rings is 1. The first-order chi connectivity index (χ1) is 9.45. The van der Waals surface area contributed by atoms with Crippen molar-refractivity contribution in [1.29, 1.82) is 0 Å². The summed E-state index contributed by atoms with van der Waals surface area (Å²) in [5, 5.41) is 7.91. The molecule has 3 N–H and O–H groups in total. The minimum Gasteiger partial charge on any atom is -0.399 e. The Balaban J connectivity index is 1.98. The fourth-order valence-corrected chi connectivity index (χ4v) is 2.70. The maximum absolute atomic E-state index is 12.1. The standard InChI is InChI=1S/C14H18N4OS/c1-9-8-13(18(3)17-9)20-10(2)14(19)16-12-6-4-11(15)5-7-12/h4-8,10H,15H2,1-3H3,(H,16,19). The number of carbonyl (C=O) groups is 1. The molecule has 0 saturated carbocycles. The number of nitrogens with one attached hydrogen (secondary N) is 1. The largest absolute Gasteiger partial charge is 0.399 e. The summed E-state index contributed by atoms with van der Waals surface area (Å²) in [4.78, 5) is 12.1. The molecule has 1 aromatic carbocycles. The van der Waals surface area contributed by atoms with Crippen molar-refractivity contribution in [1.82, 2.24) is 9.78 Å². The van der Waals surface area contributed by atoms with Crippen LogP contribution >= 0.6 is 11.8 Å². The van der Waals surface area contributed by atoms with E-state index >= 15 is 0 Å². The van der Waals surface area contributed by atoms with Crippen molar-refractivity contribution < 1.29 is 4.79 Å². The average molecular weight is 290 g/mol. The summed E-state index contributed by atoms with van der Waals surface area (Å²) in [5.41, 5.74) is 7.98. The molecule has 0 radical (unpaired) electrons. The first kappa shape index (κ1) is 14.5. The van der Waals surface area contributed by atoms with Crippen LogP contribution in [-0.2, 0) is 11.8 Å². The van der Waals surface area contributed by atoms with Crippen molar-refractivity contribution in [2.75, 3.05) is 11.1 Å². The van der Waals surface area contributed by atoms with E-state index < -0.39 is 0 Å². The third-order valence-corrected chi connectivity index (χ3v) is 4.00. The first-order valence-corrected chi connectivity index (χ1v) is 7.17. The van der Waals surface area contributed by atoms with Gasteiger partial charge in [-0.25, -0.2) is 0 Å². The Morgan fingerprint density at radius 3 is 2.60 bits per heavy atom. The number of aromatic nitrogens is 2. The summed E-state index contributed by atoms with van der Waals surface area (Å²) in [7, 11) is 1.87. The normalized spacial score (nSPS) is 12.2. The predicted octanol–water partition coefficient (Wildman–Crippen LogP) is 2.43. The lowest BCUT2D eigenvalue weighted by atomic mass is 10.3. The van der Waals surface area contributed by atoms with E-state index in [1.54, 1.807) is 28.9 Å². The maximum atomic E-state index is 12.1. The van der Waals surface area contributed by atoms with Crippen LogP contribution in [0.5, 0.6) is 0 Å². The van der Waals surface area contributed by atoms with Crippen molar-refractivity contribution in [3.8, 4) is 0 Å². The zero-order valence-corrected chi connectivity index (χ0v) is 12.6. The number of hydrogen-bond donors (Lipinski definition) is 2. The van der Waals surface area contributed by atoms with Crippen LogP contribution in [0.25, 0.3) is 0 Å². The lowest BCUT2D eigenvalue weighted by molar-refractivity contribution is -0.115. The van der Waals surface area contributed by atoms with Gasteiger partial charge in [0.25, 0.3) is 0 Å². The number of nitrogens with two attached hydrogens (primary N) is 1. The number of aryl methyl sites for hydroxylation is 2. The van der Waals surface area contributed by atoms with Gasteiger partial charge in [0.15, 0.2) is 0 Å². The van der Waals surface area contributed by atoms with Gasteiger partial charge in [0.2, 0.25) is 5.91 Å². The van der Waals surface area contributed by atoms with Crippen molar-refractivity contribution in [3.05, 3.63) is 36.0 Å². The van der Waals surface area contributed by atoms with Gasteiger partial charge < -0.3 is 11.1 Å². The van der Waals surface area contributed by atoms with Crippen molar-refractivity contribution >= 4 is 29.0 Å². The molecule has 0 aliphatic carbocycles. The van der Waals surface area contributed by atoms with Crippen molar-refractivity contribution in [3.63, 3.8) is 0 Å². The maximum Gasteiger partial charge on any atom is 0.237 e. The lowest BCUT2D eigenvalue weighted by Gasteiger charge is -2.12. The van der Waals surface area contributed by atoms with E-state index in [1.165, 1.54) is 11.8 Å². The molecule has 0 spiro atoms. The van der Waals surface area contributed by atoms with Crippen LogP contribution in [0.1, 0.15) is 12.6 Å². The van der Waals surface area contributed by atoms with E-state index in [0.29, 0.717) is 5.69 Å². The van der Waals surface area contributed by atoms with E-state index in [4.69, 9.17) is 5.73 Å². The van der Waals surface area contributed by atoms with Gasteiger partial charge in [0.1, 0.15) is 0 Å². The minimum atomic E-state index is -0.206. The lowest BCUT2D eigenvalue weighted by Crippen LogP contribution is -2.22. The summed E-state index contributed by atoms with van der Waals surface area (Å²) >= 11 is 1.49. The van der Waals surface area contributed by atoms with Crippen LogP contribution in [0, 0.1) is 6.92 Å². The summed E-state index contributed by atoms with van der Waals surface area (Å²) in [6.07, 6.45) is 0. The molecule has 1 aromatic heterocycles. The average Bonchev–Trinajstić information content (AvgIpc) is 2.70. The second-order valence-corrected chi connectivity index (χ2v) is 5.98. The molecule has 2 aromatic rings.